The minimum atomic E-state index is -0.915. The Morgan fingerprint density at radius 3 is 2.56 bits per heavy atom. The number of anilines is 1. The third kappa shape index (κ3) is 3.89. The number of ether oxygens (including phenoxy) is 5. The molecule has 0 unspecified atom stereocenters. The van der Waals surface area contributed by atoms with Crippen LogP contribution in [-0.2, 0) is 14.3 Å². The zero-order valence-corrected chi connectivity index (χ0v) is 14.3. The van der Waals surface area contributed by atoms with Crippen molar-refractivity contribution in [3.8, 4) is 23.0 Å². The molecule has 2 heterocycles. The van der Waals surface area contributed by atoms with Crippen molar-refractivity contribution in [3.05, 3.63) is 42.5 Å². The molecule has 0 bridgehead atoms. The number of rotatable bonds is 4. The molecular formula is C19H17NO7. The highest BCUT2D eigenvalue weighted by atomic mass is 16.6. The number of hydrogen-bond acceptors (Lipinski definition) is 7. The van der Waals surface area contributed by atoms with Gasteiger partial charge in [0, 0.05) is 11.8 Å². The summed E-state index contributed by atoms with van der Waals surface area (Å²) in [6, 6.07) is 12.1. The van der Waals surface area contributed by atoms with E-state index < -0.39 is 24.6 Å². The van der Waals surface area contributed by atoms with Crippen molar-refractivity contribution in [2.24, 2.45) is 0 Å². The molecule has 0 fully saturated rings. The Morgan fingerprint density at radius 1 is 0.963 bits per heavy atom. The third-order valence-electron chi connectivity index (χ3n) is 3.94. The molecule has 0 aliphatic carbocycles. The van der Waals surface area contributed by atoms with Gasteiger partial charge >= 0.3 is 5.97 Å². The van der Waals surface area contributed by atoms with E-state index in [0.29, 0.717) is 41.9 Å². The average Bonchev–Trinajstić information content (AvgIpc) is 2.71. The van der Waals surface area contributed by atoms with Crippen molar-refractivity contribution in [2.75, 3.05) is 31.7 Å². The van der Waals surface area contributed by atoms with Gasteiger partial charge in [-0.15, -0.1) is 0 Å². The zero-order chi connectivity index (χ0) is 18.6. The van der Waals surface area contributed by atoms with Crippen LogP contribution in [0.3, 0.4) is 0 Å². The minimum absolute atomic E-state index is 0.0274. The van der Waals surface area contributed by atoms with Crippen LogP contribution in [0.4, 0.5) is 5.69 Å². The standard InChI is InChI=1S/C19H17NO7/c21-18(20-12-5-6-14-16(9-12)24-8-7-23-14)11-26-19(22)17-10-25-13-3-1-2-4-15(13)27-17/h1-6,9,17H,7-8,10-11H2,(H,20,21)/t17-/m1/s1. The van der Waals surface area contributed by atoms with E-state index >= 15 is 0 Å². The van der Waals surface area contributed by atoms with Gasteiger partial charge in [-0.3, -0.25) is 4.79 Å². The van der Waals surface area contributed by atoms with E-state index in [1.165, 1.54) is 0 Å². The SMILES string of the molecule is O=C(COC(=O)[C@H]1COc2ccccc2O1)Nc1ccc2c(c1)OCCO2. The first kappa shape index (κ1) is 17.0. The number of para-hydroxylation sites is 2. The summed E-state index contributed by atoms with van der Waals surface area (Å²) in [6.07, 6.45) is -0.915. The quantitative estimate of drug-likeness (QED) is 0.819. The lowest BCUT2D eigenvalue weighted by molar-refractivity contribution is -0.156. The van der Waals surface area contributed by atoms with Gasteiger partial charge in [-0.05, 0) is 24.3 Å². The van der Waals surface area contributed by atoms with Crippen molar-refractivity contribution in [1.29, 1.82) is 0 Å². The highest BCUT2D eigenvalue weighted by Crippen LogP contribution is 2.33. The molecule has 2 aromatic rings. The molecular weight excluding hydrogens is 354 g/mol. The smallest absolute Gasteiger partial charge is 0.351 e. The lowest BCUT2D eigenvalue weighted by Crippen LogP contribution is -2.39. The van der Waals surface area contributed by atoms with Crippen molar-refractivity contribution < 1.29 is 33.3 Å². The van der Waals surface area contributed by atoms with Crippen molar-refractivity contribution >= 4 is 17.6 Å². The Kier molecular flexibility index (Phi) is 4.69. The van der Waals surface area contributed by atoms with Crippen LogP contribution in [0.25, 0.3) is 0 Å². The monoisotopic (exact) mass is 371 g/mol. The van der Waals surface area contributed by atoms with Gasteiger partial charge in [0.1, 0.15) is 19.8 Å². The van der Waals surface area contributed by atoms with E-state index in [1.807, 2.05) is 6.07 Å². The lowest BCUT2D eigenvalue weighted by Gasteiger charge is -2.24. The maximum atomic E-state index is 12.1. The van der Waals surface area contributed by atoms with Crippen LogP contribution >= 0.6 is 0 Å². The molecule has 4 rings (SSSR count). The predicted octanol–water partition coefficient (Wildman–Crippen LogP) is 1.78. The Balaban J connectivity index is 1.29. The third-order valence-corrected chi connectivity index (χ3v) is 3.94. The molecule has 8 heteroatoms. The topological polar surface area (TPSA) is 92.3 Å². The fraction of sp³-hybridized carbons (Fsp3) is 0.263. The largest absolute Gasteiger partial charge is 0.486 e. The summed E-state index contributed by atoms with van der Waals surface area (Å²) in [5.74, 6) is 1.08. The van der Waals surface area contributed by atoms with Crippen molar-refractivity contribution in [1.82, 2.24) is 0 Å². The summed E-state index contributed by atoms with van der Waals surface area (Å²) in [7, 11) is 0. The maximum Gasteiger partial charge on any atom is 0.351 e. The number of benzene rings is 2. The first-order valence-corrected chi connectivity index (χ1v) is 8.44. The molecule has 27 heavy (non-hydrogen) atoms. The fourth-order valence-electron chi connectivity index (χ4n) is 2.68. The maximum absolute atomic E-state index is 12.1. The number of carbonyl (C=O) groups is 2. The van der Waals surface area contributed by atoms with Gasteiger partial charge in [0.05, 0.1) is 0 Å². The van der Waals surface area contributed by atoms with Gasteiger partial charge in [0.25, 0.3) is 5.91 Å². The normalized spacial score (nSPS) is 17.0. The molecule has 2 aromatic carbocycles. The predicted molar refractivity (Wildman–Crippen MR) is 93.4 cm³/mol. The molecule has 1 atom stereocenters. The van der Waals surface area contributed by atoms with Gasteiger partial charge < -0.3 is 29.0 Å². The number of nitrogens with one attached hydrogen (secondary N) is 1. The molecule has 2 aliphatic heterocycles. The Labute approximate surface area is 154 Å². The molecule has 2 aliphatic rings. The number of fused-ring (bicyclic) bond motifs is 2. The summed E-state index contributed by atoms with van der Waals surface area (Å²) < 4.78 is 26.9. The molecule has 0 aromatic heterocycles. The first-order valence-electron chi connectivity index (χ1n) is 8.44. The molecule has 1 amide bonds. The van der Waals surface area contributed by atoms with E-state index in [1.54, 1.807) is 36.4 Å². The zero-order valence-electron chi connectivity index (χ0n) is 14.3. The van der Waals surface area contributed by atoms with E-state index in [4.69, 9.17) is 23.7 Å². The second kappa shape index (κ2) is 7.45. The summed E-state index contributed by atoms with van der Waals surface area (Å²) >= 11 is 0. The fourth-order valence-corrected chi connectivity index (χ4v) is 2.68. The Morgan fingerprint density at radius 2 is 1.70 bits per heavy atom. The van der Waals surface area contributed by atoms with Crippen LogP contribution in [0.1, 0.15) is 0 Å². The first-order chi connectivity index (χ1) is 13.2. The summed E-state index contributed by atoms with van der Waals surface area (Å²) in [5, 5.41) is 2.64. The molecule has 1 N–H and O–H groups in total. The molecule has 0 saturated heterocycles. The molecule has 8 nitrogen and oxygen atoms in total. The van der Waals surface area contributed by atoms with Crippen molar-refractivity contribution in [3.63, 3.8) is 0 Å². The van der Waals surface area contributed by atoms with Crippen LogP contribution < -0.4 is 24.3 Å². The van der Waals surface area contributed by atoms with Crippen LogP contribution in [0.2, 0.25) is 0 Å². The van der Waals surface area contributed by atoms with E-state index in [0.717, 1.165) is 0 Å². The van der Waals surface area contributed by atoms with Gasteiger partial charge in [-0.25, -0.2) is 4.79 Å². The Bertz CT molecular complexity index is 867. The summed E-state index contributed by atoms with van der Waals surface area (Å²) in [4.78, 5) is 24.1. The number of esters is 1. The van der Waals surface area contributed by atoms with E-state index in [-0.39, 0.29) is 6.61 Å². The average molecular weight is 371 g/mol. The van der Waals surface area contributed by atoms with Gasteiger partial charge in [-0.2, -0.15) is 0 Å². The second-order valence-electron chi connectivity index (χ2n) is 5.88. The number of hydrogen-bond donors (Lipinski definition) is 1. The molecule has 0 saturated carbocycles. The molecule has 0 spiro atoms. The van der Waals surface area contributed by atoms with Gasteiger partial charge in [0.15, 0.2) is 29.6 Å². The van der Waals surface area contributed by atoms with E-state index in [2.05, 4.69) is 5.32 Å². The Hall–Kier alpha value is -3.42. The lowest BCUT2D eigenvalue weighted by atomic mass is 10.2. The second-order valence-corrected chi connectivity index (χ2v) is 5.88. The van der Waals surface area contributed by atoms with Crippen LogP contribution in [0, 0.1) is 0 Å². The van der Waals surface area contributed by atoms with E-state index in [9.17, 15) is 9.59 Å². The minimum Gasteiger partial charge on any atom is -0.486 e. The summed E-state index contributed by atoms with van der Waals surface area (Å²) in [5.41, 5.74) is 0.520. The number of amides is 1. The molecule has 140 valence electrons. The van der Waals surface area contributed by atoms with Crippen LogP contribution in [0.5, 0.6) is 23.0 Å². The summed E-state index contributed by atoms with van der Waals surface area (Å²) in [6.45, 7) is 0.537. The van der Waals surface area contributed by atoms with Crippen molar-refractivity contribution in [2.45, 2.75) is 6.10 Å². The highest BCUT2D eigenvalue weighted by Gasteiger charge is 2.29. The van der Waals surface area contributed by atoms with Gasteiger partial charge in [-0.1, -0.05) is 12.1 Å². The molecule has 0 radical (unpaired) electrons. The number of carbonyl (C=O) groups excluding carboxylic acids is 2. The van der Waals surface area contributed by atoms with Crippen LogP contribution in [-0.4, -0.2) is 44.4 Å². The van der Waals surface area contributed by atoms with Crippen LogP contribution in [0.15, 0.2) is 42.5 Å². The highest BCUT2D eigenvalue weighted by molar-refractivity contribution is 5.93. The van der Waals surface area contributed by atoms with Gasteiger partial charge in [0.2, 0.25) is 6.10 Å².